The zero-order chi connectivity index (χ0) is 23.7. The Morgan fingerprint density at radius 3 is 2.41 bits per heavy atom. The molecule has 0 aliphatic heterocycles. The number of carbonyl (C=O) groups is 1. The number of hydrogen-bond donors (Lipinski definition) is 2. The van der Waals surface area contributed by atoms with Crippen molar-refractivity contribution in [3.05, 3.63) is 72.4 Å². The Morgan fingerprint density at radius 2 is 1.68 bits per heavy atom. The van der Waals surface area contributed by atoms with Gasteiger partial charge in [-0.2, -0.15) is 5.10 Å². The van der Waals surface area contributed by atoms with Gasteiger partial charge in [0.15, 0.2) is 11.5 Å². The summed E-state index contributed by atoms with van der Waals surface area (Å²) in [6.45, 7) is 0. The van der Waals surface area contributed by atoms with Crippen LogP contribution in [-0.2, 0) is 0 Å². The van der Waals surface area contributed by atoms with E-state index in [-0.39, 0.29) is 5.91 Å². The summed E-state index contributed by atoms with van der Waals surface area (Å²) in [6, 6.07) is 18.5. The third-order valence-corrected chi connectivity index (χ3v) is 5.62. The number of hydrogen-bond acceptors (Lipinski definition) is 6. The number of carbonyl (C=O) groups excluding carboxylic acids is 1. The van der Waals surface area contributed by atoms with Crippen LogP contribution in [0.5, 0.6) is 17.2 Å². The van der Waals surface area contributed by atoms with Crippen LogP contribution in [-0.4, -0.2) is 42.4 Å². The Balaban J connectivity index is 1.61. The van der Waals surface area contributed by atoms with Gasteiger partial charge in [-0.1, -0.05) is 18.2 Å². The van der Waals surface area contributed by atoms with Gasteiger partial charge in [0.25, 0.3) is 5.91 Å². The van der Waals surface area contributed by atoms with Gasteiger partial charge in [-0.25, -0.2) is 4.98 Å². The average molecular weight is 454 g/mol. The Kier molecular flexibility index (Phi) is 5.47. The van der Waals surface area contributed by atoms with Crippen LogP contribution >= 0.6 is 0 Å². The van der Waals surface area contributed by atoms with Crippen LogP contribution in [0, 0.1) is 0 Å². The molecule has 0 spiro atoms. The van der Waals surface area contributed by atoms with Crippen molar-refractivity contribution in [2.24, 2.45) is 0 Å². The Labute approximate surface area is 195 Å². The minimum Gasteiger partial charge on any atom is -0.493 e. The molecule has 0 unspecified atom stereocenters. The smallest absolute Gasteiger partial charge is 0.256 e. The molecular weight excluding hydrogens is 432 g/mol. The van der Waals surface area contributed by atoms with Crippen molar-refractivity contribution in [1.82, 2.24) is 15.2 Å². The molecule has 0 saturated heterocycles. The molecule has 2 heterocycles. The van der Waals surface area contributed by atoms with Gasteiger partial charge in [-0.3, -0.25) is 9.89 Å². The molecule has 0 radical (unpaired) electrons. The molecule has 0 fully saturated rings. The summed E-state index contributed by atoms with van der Waals surface area (Å²) in [5.41, 5.74) is 4.11. The van der Waals surface area contributed by atoms with Crippen LogP contribution in [0.25, 0.3) is 33.1 Å². The van der Waals surface area contributed by atoms with Gasteiger partial charge in [0.05, 0.1) is 49.8 Å². The number of aromatic nitrogens is 3. The molecule has 3 aromatic carbocycles. The number of fused-ring (bicyclic) bond motifs is 2. The van der Waals surface area contributed by atoms with Gasteiger partial charge in [0, 0.05) is 22.0 Å². The van der Waals surface area contributed by atoms with E-state index in [1.165, 1.54) is 0 Å². The zero-order valence-electron chi connectivity index (χ0n) is 18.9. The fourth-order valence-corrected chi connectivity index (χ4v) is 3.96. The Hall–Kier alpha value is -4.59. The predicted molar refractivity (Wildman–Crippen MR) is 131 cm³/mol. The second-order valence-corrected chi connectivity index (χ2v) is 7.61. The highest BCUT2D eigenvalue weighted by Gasteiger charge is 2.18. The van der Waals surface area contributed by atoms with Crippen molar-refractivity contribution < 1.29 is 19.0 Å². The van der Waals surface area contributed by atoms with Gasteiger partial charge in [0.1, 0.15) is 0 Å². The minimum atomic E-state index is -0.241. The summed E-state index contributed by atoms with van der Waals surface area (Å²) < 4.78 is 16.4. The fraction of sp³-hybridized carbons (Fsp3) is 0.115. The summed E-state index contributed by atoms with van der Waals surface area (Å²) in [5.74, 6) is 1.26. The molecule has 1 amide bonds. The van der Waals surface area contributed by atoms with Crippen LogP contribution in [0.4, 0.5) is 5.69 Å². The lowest BCUT2D eigenvalue weighted by Gasteiger charge is -2.15. The summed E-state index contributed by atoms with van der Waals surface area (Å²) in [7, 11) is 4.67. The van der Waals surface area contributed by atoms with Crippen molar-refractivity contribution in [2.75, 3.05) is 26.6 Å². The van der Waals surface area contributed by atoms with E-state index in [9.17, 15) is 4.79 Å². The zero-order valence-corrected chi connectivity index (χ0v) is 18.9. The van der Waals surface area contributed by atoms with Crippen LogP contribution in [0.15, 0.2) is 66.9 Å². The number of rotatable bonds is 6. The normalized spacial score (nSPS) is 10.9. The molecule has 5 rings (SSSR count). The largest absolute Gasteiger partial charge is 0.493 e. The number of H-pyrrole nitrogens is 1. The molecule has 34 heavy (non-hydrogen) atoms. The average Bonchev–Trinajstić information content (AvgIpc) is 3.35. The second-order valence-electron chi connectivity index (χ2n) is 7.61. The Morgan fingerprint density at radius 1 is 0.912 bits per heavy atom. The molecule has 8 nitrogen and oxygen atoms in total. The molecule has 8 heteroatoms. The standard InChI is InChI=1S/C26H22N4O4/c1-32-23-11-15(12-24(33-2)25(23)34-3)22-13-19(18-6-4-5-7-21(18)29-22)26(31)28-17-8-9-20-16(10-17)14-27-30-20/h4-14H,1-3H3,(H,27,30)(H,28,31). The number of benzene rings is 3. The van der Waals surface area contributed by atoms with Crippen LogP contribution in [0.1, 0.15) is 10.4 Å². The number of nitrogens with zero attached hydrogens (tertiary/aromatic N) is 2. The van der Waals surface area contributed by atoms with E-state index in [2.05, 4.69) is 15.5 Å². The van der Waals surface area contributed by atoms with E-state index in [0.717, 1.165) is 21.9 Å². The number of anilines is 1. The lowest BCUT2D eigenvalue weighted by atomic mass is 10.0. The van der Waals surface area contributed by atoms with Crippen molar-refractivity contribution in [3.63, 3.8) is 0 Å². The van der Waals surface area contributed by atoms with Crippen molar-refractivity contribution in [3.8, 4) is 28.5 Å². The number of methoxy groups -OCH3 is 3. The number of para-hydroxylation sites is 1. The number of amides is 1. The summed E-state index contributed by atoms with van der Waals surface area (Å²) in [6.07, 6.45) is 1.72. The first-order valence-electron chi connectivity index (χ1n) is 10.6. The first kappa shape index (κ1) is 21.3. The highest BCUT2D eigenvalue weighted by atomic mass is 16.5. The number of pyridine rings is 1. The highest BCUT2D eigenvalue weighted by Crippen LogP contribution is 2.41. The predicted octanol–water partition coefficient (Wildman–Crippen LogP) is 5.06. The monoisotopic (exact) mass is 454 g/mol. The van der Waals surface area contributed by atoms with Gasteiger partial charge < -0.3 is 19.5 Å². The van der Waals surface area contributed by atoms with Crippen LogP contribution in [0.2, 0.25) is 0 Å². The number of ether oxygens (including phenoxy) is 3. The molecule has 2 N–H and O–H groups in total. The van der Waals surface area contributed by atoms with E-state index in [0.29, 0.717) is 39.7 Å². The second kappa shape index (κ2) is 8.74. The van der Waals surface area contributed by atoms with Gasteiger partial charge >= 0.3 is 0 Å². The van der Waals surface area contributed by atoms with E-state index < -0.39 is 0 Å². The van der Waals surface area contributed by atoms with Crippen LogP contribution in [0.3, 0.4) is 0 Å². The first-order chi connectivity index (χ1) is 16.6. The van der Waals surface area contributed by atoms with Gasteiger partial charge in [0.2, 0.25) is 5.75 Å². The summed E-state index contributed by atoms with van der Waals surface area (Å²) >= 11 is 0. The maximum atomic E-state index is 13.4. The molecule has 0 saturated carbocycles. The van der Waals surface area contributed by atoms with E-state index in [1.54, 1.807) is 33.6 Å². The van der Waals surface area contributed by atoms with Crippen molar-refractivity contribution in [2.45, 2.75) is 0 Å². The minimum absolute atomic E-state index is 0.241. The quantitative estimate of drug-likeness (QED) is 0.372. The van der Waals surface area contributed by atoms with Crippen molar-refractivity contribution >= 4 is 33.4 Å². The third kappa shape index (κ3) is 3.75. The molecule has 0 atom stereocenters. The maximum absolute atomic E-state index is 13.4. The third-order valence-electron chi connectivity index (χ3n) is 5.62. The van der Waals surface area contributed by atoms with E-state index in [4.69, 9.17) is 19.2 Å². The van der Waals surface area contributed by atoms with Gasteiger partial charge in [-0.15, -0.1) is 0 Å². The molecule has 0 aliphatic rings. The molecule has 2 aromatic heterocycles. The molecule has 5 aromatic rings. The molecule has 170 valence electrons. The summed E-state index contributed by atoms with van der Waals surface area (Å²) in [5, 5.41) is 11.6. The lowest BCUT2D eigenvalue weighted by molar-refractivity contribution is 0.102. The Bertz CT molecular complexity index is 1500. The molecule has 0 bridgehead atoms. The van der Waals surface area contributed by atoms with Crippen LogP contribution < -0.4 is 19.5 Å². The summed E-state index contributed by atoms with van der Waals surface area (Å²) in [4.78, 5) is 18.2. The van der Waals surface area contributed by atoms with Gasteiger partial charge in [-0.05, 0) is 42.5 Å². The maximum Gasteiger partial charge on any atom is 0.256 e. The van der Waals surface area contributed by atoms with E-state index in [1.807, 2.05) is 54.6 Å². The topological polar surface area (TPSA) is 98.4 Å². The SMILES string of the molecule is COc1cc(-c2cc(C(=O)Nc3ccc4[nH]ncc4c3)c3ccccc3n2)cc(OC)c1OC. The fourth-order valence-electron chi connectivity index (χ4n) is 3.96. The van der Waals surface area contributed by atoms with E-state index >= 15 is 0 Å². The number of nitrogens with one attached hydrogen (secondary N) is 2. The lowest BCUT2D eigenvalue weighted by Crippen LogP contribution is -2.13. The highest BCUT2D eigenvalue weighted by molar-refractivity contribution is 6.13. The number of aromatic amines is 1. The molecule has 0 aliphatic carbocycles. The molecular formula is C26H22N4O4. The first-order valence-corrected chi connectivity index (χ1v) is 10.6. The van der Waals surface area contributed by atoms with Crippen molar-refractivity contribution in [1.29, 1.82) is 0 Å².